The zero-order chi connectivity index (χ0) is 14.8. The zero-order valence-corrected chi connectivity index (χ0v) is 12.2. The van der Waals surface area contributed by atoms with E-state index in [2.05, 4.69) is 16.7 Å². The number of nitrogens with zero attached hydrogens (tertiary/aromatic N) is 2. The van der Waals surface area contributed by atoms with Crippen molar-refractivity contribution in [2.45, 2.75) is 32.2 Å². The number of anilines is 1. The van der Waals surface area contributed by atoms with Crippen LogP contribution >= 0.6 is 0 Å². The molecule has 108 valence electrons. The van der Waals surface area contributed by atoms with Crippen molar-refractivity contribution in [1.29, 1.82) is 5.26 Å². The van der Waals surface area contributed by atoms with Gasteiger partial charge in [-0.1, -0.05) is 12.1 Å². The minimum absolute atomic E-state index is 0.604. The van der Waals surface area contributed by atoms with E-state index in [1.54, 1.807) is 7.11 Å². The summed E-state index contributed by atoms with van der Waals surface area (Å²) in [5.74, 6) is 1.44. The quantitative estimate of drug-likeness (QED) is 0.940. The maximum absolute atomic E-state index is 9.37. The molecule has 0 spiro atoms. The van der Waals surface area contributed by atoms with Gasteiger partial charge in [0.15, 0.2) is 0 Å². The van der Waals surface area contributed by atoms with Gasteiger partial charge in [0, 0.05) is 12.2 Å². The highest BCUT2D eigenvalue weighted by molar-refractivity contribution is 5.59. The summed E-state index contributed by atoms with van der Waals surface area (Å²) in [6, 6.07) is 10.3. The largest absolute Gasteiger partial charge is 0.497 e. The van der Waals surface area contributed by atoms with Crippen molar-refractivity contribution in [3.05, 3.63) is 46.6 Å². The van der Waals surface area contributed by atoms with Gasteiger partial charge in [0.2, 0.25) is 0 Å². The summed E-state index contributed by atoms with van der Waals surface area (Å²) in [5, 5.41) is 9.37. The highest BCUT2D eigenvalue weighted by atomic mass is 16.5. The molecule has 0 radical (unpaired) electrons. The first kappa shape index (κ1) is 13.6. The molecule has 0 saturated carbocycles. The monoisotopic (exact) mass is 281 g/mol. The number of fused-ring (bicyclic) bond motifs is 1. The van der Waals surface area contributed by atoms with Gasteiger partial charge in [-0.3, -0.25) is 0 Å². The lowest BCUT2D eigenvalue weighted by Gasteiger charge is -2.16. The van der Waals surface area contributed by atoms with Crippen LogP contribution in [0.15, 0.2) is 24.3 Å². The van der Waals surface area contributed by atoms with E-state index in [4.69, 9.17) is 10.5 Å². The minimum Gasteiger partial charge on any atom is -0.497 e. The van der Waals surface area contributed by atoms with Crippen LogP contribution in [0.5, 0.6) is 5.75 Å². The standard InChI is InChI=1S/C17H19N3O/c1-21-13-6-4-5-12(9-13)11-20-16-8-3-2-7-14(16)15(10-18)17(20)19/h4-6,9H,2-3,7-8,11,19H2,1H3. The van der Waals surface area contributed by atoms with Crippen LogP contribution in [-0.4, -0.2) is 11.7 Å². The molecule has 0 saturated heterocycles. The summed E-state index contributed by atoms with van der Waals surface area (Å²) in [4.78, 5) is 0. The van der Waals surface area contributed by atoms with E-state index < -0.39 is 0 Å². The predicted octanol–water partition coefficient (Wildman–Crippen LogP) is 2.88. The van der Waals surface area contributed by atoms with E-state index in [-0.39, 0.29) is 0 Å². The van der Waals surface area contributed by atoms with Gasteiger partial charge in [0.05, 0.1) is 12.7 Å². The summed E-state index contributed by atoms with van der Waals surface area (Å²) in [7, 11) is 1.67. The van der Waals surface area contributed by atoms with Crippen LogP contribution in [0.2, 0.25) is 0 Å². The van der Waals surface area contributed by atoms with Gasteiger partial charge in [-0.25, -0.2) is 0 Å². The Morgan fingerprint density at radius 2 is 2.14 bits per heavy atom. The predicted molar refractivity (Wildman–Crippen MR) is 82.3 cm³/mol. The molecule has 1 aliphatic rings. The number of nitriles is 1. The van der Waals surface area contributed by atoms with Crippen molar-refractivity contribution in [1.82, 2.24) is 4.57 Å². The second-order valence-electron chi connectivity index (χ2n) is 5.44. The van der Waals surface area contributed by atoms with Crippen LogP contribution < -0.4 is 10.5 Å². The summed E-state index contributed by atoms with van der Waals surface area (Å²) in [5.41, 5.74) is 10.4. The molecular formula is C17H19N3O. The van der Waals surface area contributed by atoms with E-state index >= 15 is 0 Å². The number of benzene rings is 1. The van der Waals surface area contributed by atoms with Crippen molar-refractivity contribution in [3.63, 3.8) is 0 Å². The molecule has 0 aliphatic heterocycles. The third kappa shape index (κ3) is 2.36. The van der Waals surface area contributed by atoms with Gasteiger partial charge in [-0.2, -0.15) is 5.26 Å². The Balaban J connectivity index is 2.02. The molecule has 3 rings (SSSR count). The van der Waals surface area contributed by atoms with Crippen LogP contribution in [0.25, 0.3) is 0 Å². The molecule has 0 bridgehead atoms. The molecule has 1 aliphatic carbocycles. The van der Waals surface area contributed by atoms with Crippen molar-refractivity contribution in [2.75, 3.05) is 12.8 Å². The Morgan fingerprint density at radius 3 is 2.90 bits per heavy atom. The molecule has 0 amide bonds. The number of methoxy groups -OCH3 is 1. The summed E-state index contributed by atoms with van der Waals surface area (Å²) in [6.45, 7) is 0.688. The van der Waals surface area contributed by atoms with Gasteiger partial charge in [0.25, 0.3) is 0 Å². The zero-order valence-electron chi connectivity index (χ0n) is 12.2. The molecule has 1 aromatic carbocycles. The summed E-state index contributed by atoms with van der Waals surface area (Å²) in [6.07, 6.45) is 4.28. The van der Waals surface area contributed by atoms with Gasteiger partial charge < -0.3 is 15.0 Å². The third-order valence-corrected chi connectivity index (χ3v) is 4.20. The highest BCUT2D eigenvalue weighted by Gasteiger charge is 2.23. The fourth-order valence-corrected chi connectivity index (χ4v) is 3.15. The average molecular weight is 281 g/mol. The molecule has 0 fully saturated rings. The van der Waals surface area contributed by atoms with Gasteiger partial charge in [-0.15, -0.1) is 0 Å². The average Bonchev–Trinajstić information content (AvgIpc) is 2.79. The molecule has 0 unspecified atom stereocenters. The molecule has 1 aromatic heterocycles. The van der Waals surface area contributed by atoms with Gasteiger partial charge in [-0.05, 0) is 48.9 Å². The van der Waals surface area contributed by atoms with Crippen molar-refractivity contribution in [2.24, 2.45) is 0 Å². The van der Waals surface area contributed by atoms with E-state index in [0.717, 1.165) is 36.1 Å². The minimum atomic E-state index is 0.604. The molecular weight excluding hydrogens is 262 g/mol. The van der Waals surface area contributed by atoms with E-state index in [0.29, 0.717) is 17.9 Å². The van der Waals surface area contributed by atoms with Crippen LogP contribution in [0.4, 0.5) is 5.82 Å². The second-order valence-corrected chi connectivity index (χ2v) is 5.44. The number of ether oxygens (including phenoxy) is 1. The van der Waals surface area contributed by atoms with Crippen molar-refractivity contribution in [3.8, 4) is 11.8 Å². The SMILES string of the molecule is COc1cccc(Cn2c(N)c(C#N)c3c2CCCC3)c1. The summed E-state index contributed by atoms with van der Waals surface area (Å²) < 4.78 is 7.37. The first-order valence-corrected chi connectivity index (χ1v) is 7.27. The van der Waals surface area contributed by atoms with Crippen LogP contribution in [0, 0.1) is 11.3 Å². The Morgan fingerprint density at radius 1 is 1.33 bits per heavy atom. The van der Waals surface area contributed by atoms with Crippen molar-refractivity contribution < 1.29 is 4.74 Å². The maximum atomic E-state index is 9.37. The Hall–Kier alpha value is -2.41. The second kappa shape index (κ2) is 5.53. The molecule has 1 heterocycles. The van der Waals surface area contributed by atoms with Gasteiger partial charge >= 0.3 is 0 Å². The van der Waals surface area contributed by atoms with E-state index in [1.165, 1.54) is 12.1 Å². The van der Waals surface area contributed by atoms with E-state index in [1.807, 2.05) is 18.2 Å². The van der Waals surface area contributed by atoms with Crippen LogP contribution in [-0.2, 0) is 19.4 Å². The molecule has 2 N–H and O–H groups in total. The van der Waals surface area contributed by atoms with Crippen LogP contribution in [0.3, 0.4) is 0 Å². The number of nitrogens with two attached hydrogens (primary N) is 1. The Bertz CT molecular complexity index is 710. The fraction of sp³-hybridized carbons (Fsp3) is 0.353. The third-order valence-electron chi connectivity index (χ3n) is 4.20. The molecule has 0 atom stereocenters. The molecule has 4 heteroatoms. The normalized spacial score (nSPS) is 13.5. The smallest absolute Gasteiger partial charge is 0.122 e. The molecule has 4 nitrogen and oxygen atoms in total. The Kier molecular flexibility index (Phi) is 3.57. The maximum Gasteiger partial charge on any atom is 0.122 e. The molecule has 21 heavy (non-hydrogen) atoms. The number of hydrogen-bond donors (Lipinski definition) is 1. The van der Waals surface area contributed by atoms with Crippen molar-refractivity contribution >= 4 is 5.82 Å². The molecule has 2 aromatic rings. The van der Waals surface area contributed by atoms with E-state index in [9.17, 15) is 5.26 Å². The first-order chi connectivity index (χ1) is 10.2. The lowest BCUT2D eigenvalue weighted by Crippen LogP contribution is -2.11. The van der Waals surface area contributed by atoms with Gasteiger partial charge in [0.1, 0.15) is 17.6 Å². The lowest BCUT2D eigenvalue weighted by atomic mass is 9.95. The number of aromatic nitrogens is 1. The summed E-state index contributed by atoms with van der Waals surface area (Å²) >= 11 is 0. The number of nitrogen functional groups attached to an aromatic ring is 1. The topological polar surface area (TPSA) is 64.0 Å². The number of hydrogen-bond acceptors (Lipinski definition) is 3. The first-order valence-electron chi connectivity index (χ1n) is 7.27. The number of rotatable bonds is 3. The lowest BCUT2D eigenvalue weighted by molar-refractivity contribution is 0.414. The fourth-order valence-electron chi connectivity index (χ4n) is 3.15. The van der Waals surface area contributed by atoms with Crippen LogP contribution in [0.1, 0.15) is 35.2 Å². The Labute approximate surface area is 124 Å². The highest BCUT2D eigenvalue weighted by Crippen LogP contribution is 2.32.